The number of phenols is 1. The Morgan fingerprint density at radius 1 is 0.875 bits per heavy atom. The average Bonchev–Trinajstić information content (AvgIpc) is 2.59. The second kappa shape index (κ2) is 7.27. The summed E-state index contributed by atoms with van der Waals surface area (Å²) < 4.78 is 6.57. The molecule has 3 aromatic carbocycles. The number of phenolic OH excluding ortho intramolecular Hbond substituents is 1. The highest BCUT2D eigenvalue weighted by Gasteiger charge is 2.05. The minimum atomic E-state index is 0.131. The summed E-state index contributed by atoms with van der Waals surface area (Å²) in [7, 11) is 0. The van der Waals surface area contributed by atoms with E-state index in [9.17, 15) is 5.11 Å². The highest BCUT2D eigenvalue weighted by Crippen LogP contribution is 2.34. The summed E-state index contributed by atoms with van der Waals surface area (Å²) in [5.41, 5.74) is 1.84. The van der Waals surface area contributed by atoms with Crippen LogP contribution >= 0.6 is 15.9 Å². The van der Waals surface area contributed by atoms with Gasteiger partial charge in [-0.15, -0.1) is 5.11 Å². The fourth-order valence-electron chi connectivity index (χ4n) is 2.11. The van der Waals surface area contributed by atoms with E-state index in [1.54, 1.807) is 6.07 Å². The number of hydrogen-bond donors (Lipinski definition) is 1. The number of benzene rings is 3. The van der Waals surface area contributed by atoms with Crippen molar-refractivity contribution in [3.8, 4) is 17.2 Å². The van der Waals surface area contributed by atoms with Crippen molar-refractivity contribution in [3.63, 3.8) is 0 Å². The topological polar surface area (TPSA) is 54.2 Å². The highest BCUT2D eigenvalue weighted by atomic mass is 79.9. The Morgan fingerprint density at radius 3 is 2.25 bits per heavy atom. The predicted molar refractivity (Wildman–Crippen MR) is 97.7 cm³/mol. The van der Waals surface area contributed by atoms with Gasteiger partial charge in [0.05, 0.1) is 5.69 Å². The van der Waals surface area contributed by atoms with E-state index in [0.717, 1.165) is 21.5 Å². The highest BCUT2D eigenvalue weighted by molar-refractivity contribution is 9.10. The molecule has 0 amide bonds. The van der Waals surface area contributed by atoms with Gasteiger partial charge in [0.1, 0.15) is 22.9 Å². The maximum Gasteiger partial charge on any atom is 0.146 e. The summed E-state index contributed by atoms with van der Waals surface area (Å²) in [4.78, 5) is 0. The molecule has 0 saturated carbocycles. The molecule has 0 aliphatic rings. The molecule has 0 atom stereocenters. The van der Waals surface area contributed by atoms with Gasteiger partial charge in [0.15, 0.2) is 0 Å². The smallest absolute Gasteiger partial charge is 0.146 e. The lowest BCUT2D eigenvalue weighted by atomic mass is 10.2. The number of ether oxygens (including phenoxy) is 1. The Labute approximate surface area is 148 Å². The first-order valence-electron chi connectivity index (χ1n) is 7.35. The third-order valence-corrected chi connectivity index (χ3v) is 3.79. The van der Waals surface area contributed by atoms with Crippen LogP contribution in [0.25, 0.3) is 0 Å². The first-order valence-corrected chi connectivity index (χ1v) is 8.15. The Morgan fingerprint density at radius 2 is 1.54 bits per heavy atom. The zero-order chi connectivity index (χ0) is 16.9. The van der Waals surface area contributed by atoms with Crippen molar-refractivity contribution in [3.05, 3.63) is 76.8 Å². The van der Waals surface area contributed by atoms with E-state index in [1.165, 1.54) is 0 Å². The number of nitrogens with zero attached hydrogens (tertiary/aromatic N) is 2. The molecule has 24 heavy (non-hydrogen) atoms. The second-order valence-electron chi connectivity index (χ2n) is 5.20. The molecule has 0 heterocycles. The second-order valence-corrected chi connectivity index (χ2v) is 6.12. The normalized spacial score (nSPS) is 10.9. The molecule has 0 aromatic heterocycles. The van der Waals surface area contributed by atoms with Crippen LogP contribution in [0.3, 0.4) is 0 Å². The monoisotopic (exact) mass is 382 g/mol. The maximum absolute atomic E-state index is 10.0. The number of azo groups is 1. The van der Waals surface area contributed by atoms with Gasteiger partial charge in [-0.2, -0.15) is 5.11 Å². The lowest BCUT2D eigenvalue weighted by Crippen LogP contribution is -1.82. The molecule has 0 bridgehead atoms. The summed E-state index contributed by atoms with van der Waals surface area (Å²) in [6, 6.07) is 20.4. The van der Waals surface area contributed by atoms with Crippen LogP contribution in [-0.2, 0) is 0 Å². The molecule has 0 aliphatic heterocycles. The maximum atomic E-state index is 10.0. The fourth-order valence-corrected chi connectivity index (χ4v) is 2.67. The fraction of sp³-hybridized carbons (Fsp3) is 0.0526. The average molecular weight is 383 g/mol. The van der Waals surface area contributed by atoms with E-state index in [0.29, 0.717) is 11.4 Å². The molecule has 0 radical (unpaired) electrons. The molecule has 0 spiro atoms. The molecule has 0 aliphatic carbocycles. The van der Waals surface area contributed by atoms with Crippen molar-refractivity contribution in [2.45, 2.75) is 6.92 Å². The van der Waals surface area contributed by atoms with Crippen LogP contribution in [0.5, 0.6) is 17.2 Å². The first kappa shape index (κ1) is 16.2. The third kappa shape index (κ3) is 4.00. The lowest BCUT2D eigenvalue weighted by molar-refractivity contribution is 0.472. The molecule has 1 N–H and O–H groups in total. The molecule has 4 nitrogen and oxygen atoms in total. The Bertz CT molecular complexity index is 863. The zero-order valence-corrected chi connectivity index (χ0v) is 14.6. The van der Waals surface area contributed by atoms with Crippen LogP contribution in [0.1, 0.15) is 5.56 Å². The van der Waals surface area contributed by atoms with E-state index in [4.69, 9.17) is 4.74 Å². The Kier molecular flexibility index (Phi) is 4.91. The van der Waals surface area contributed by atoms with Crippen LogP contribution in [0.4, 0.5) is 11.4 Å². The van der Waals surface area contributed by atoms with Gasteiger partial charge in [-0.1, -0.05) is 34.1 Å². The van der Waals surface area contributed by atoms with E-state index in [2.05, 4.69) is 26.2 Å². The van der Waals surface area contributed by atoms with Crippen molar-refractivity contribution >= 4 is 27.3 Å². The molecular weight excluding hydrogens is 368 g/mol. The molecule has 120 valence electrons. The number of rotatable bonds is 4. The van der Waals surface area contributed by atoms with Crippen molar-refractivity contribution in [2.24, 2.45) is 10.2 Å². The molecule has 5 heteroatoms. The zero-order valence-electron chi connectivity index (χ0n) is 13.0. The van der Waals surface area contributed by atoms with E-state index in [1.807, 2.05) is 67.6 Å². The van der Waals surface area contributed by atoms with E-state index < -0.39 is 0 Å². The summed E-state index contributed by atoms with van der Waals surface area (Å²) in [5, 5.41) is 18.3. The summed E-state index contributed by atoms with van der Waals surface area (Å²) >= 11 is 3.39. The van der Waals surface area contributed by atoms with Crippen molar-refractivity contribution < 1.29 is 9.84 Å². The first-order chi connectivity index (χ1) is 11.6. The van der Waals surface area contributed by atoms with Gasteiger partial charge in [0, 0.05) is 4.47 Å². The molecule has 3 aromatic rings. The Balaban J connectivity index is 1.75. The molecule has 3 rings (SSSR count). The predicted octanol–water partition coefficient (Wildman–Crippen LogP) is 6.67. The van der Waals surface area contributed by atoms with E-state index in [-0.39, 0.29) is 5.75 Å². The van der Waals surface area contributed by atoms with Crippen LogP contribution in [0.2, 0.25) is 0 Å². The number of para-hydroxylation sites is 1. The SMILES string of the molecule is Cc1cc(Br)cc(N=Nc2ccc(Oc3ccccc3)cc2)c1O. The Hall–Kier alpha value is -2.66. The minimum absolute atomic E-state index is 0.131. The number of aryl methyl sites for hydroxylation is 1. The van der Waals surface area contributed by atoms with Gasteiger partial charge in [-0.25, -0.2) is 0 Å². The van der Waals surface area contributed by atoms with Crippen molar-refractivity contribution in [1.29, 1.82) is 0 Å². The quantitative estimate of drug-likeness (QED) is 0.512. The van der Waals surface area contributed by atoms with Crippen LogP contribution in [0.15, 0.2) is 81.4 Å². The third-order valence-electron chi connectivity index (χ3n) is 3.33. The standard InChI is InChI=1S/C19H15BrN2O2/c1-13-11-14(20)12-18(19(13)23)22-21-15-7-9-17(10-8-15)24-16-5-3-2-4-6-16/h2-12,23H,1H3. The summed E-state index contributed by atoms with van der Waals surface area (Å²) in [6.45, 7) is 1.81. The van der Waals surface area contributed by atoms with Crippen molar-refractivity contribution in [2.75, 3.05) is 0 Å². The number of aromatic hydroxyl groups is 1. The molecule has 0 fully saturated rings. The van der Waals surface area contributed by atoms with Gasteiger partial charge in [-0.3, -0.25) is 0 Å². The van der Waals surface area contributed by atoms with Crippen LogP contribution in [0, 0.1) is 6.92 Å². The van der Waals surface area contributed by atoms with Crippen LogP contribution < -0.4 is 4.74 Å². The minimum Gasteiger partial charge on any atom is -0.505 e. The molecule has 0 saturated heterocycles. The summed E-state index contributed by atoms with van der Waals surface area (Å²) in [5.74, 6) is 1.63. The van der Waals surface area contributed by atoms with Gasteiger partial charge in [0.25, 0.3) is 0 Å². The van der Waals surface area contributed by atoms with E-state index >= 15 is 0 Å². The molecular formula is C19H15BrN2O2. The number of hydrogen-bond acceptors (Lipinski definition) is 4. The largest absolute Gasteiger partial charge is 0.505 e. The summed E-state index contributed by atoms with van der Waals surface area (Å²) in [6.07, 6.45) is 0. The van der Waals surface area contributed by atoms with Gasteiger partial charge < -0.3 is 9.84 Å². The number of halogens is 1. The van der Waals surface area contributed by atoms with Crippen molar-refractivity contribution in [1.82, 2.24) is 0 Å². The lowest BCUT2D eigenvalue weighted by Gasteiger charge is -2.05. The van der Waals surface area contributed by atoms with Gasteiger partial charge in [-0.05, 0) is 61.0 Å². The van der Waals surface area contributed by atoms with Gasteiger partial charge in [0.2, 0.25) is 0 Å². The molecule has 0 unspecified atom stereocenters. The van der Waals surface area contributed by atoms with Crippen LogP contribution in [-0.4, -0.2) is 5.11 Å². The van der Waals surface area contributed by atoms with Gasteiger partial charge >= 0.3 is 0 Å².